The molecular formula is C33H43N3O5S. The fourth-order valence-corrected chi connectivity index (χ4v) is 6.09. The molecule has 0 radical (unpaired) electrons. The molecule has 0 heterocycles. The lowest BCUT2D eigenvalue weighted by Gasteiger charge is -2.34. The minimum absolute atomic E-state index is 0.0523. The Labute approximate surface area is 250 Å². The molecule has 0 saturated carbocycles. The predicted molar refractivity (Wildman–Crippen MR) is 167 cm³/mol. The first-order valence-electron chi connectivity index (χ1n) is 14.3. The molecule has 0 aromatic heterocycles. The Bertz CT molecular complexity index is 1490. The van der Waals surface area contributed by atoms with E-state index in [1.165, 1.54) is 24.1 Å². The average molecular weight is 594 g/mol. The van der Waals surface area contributed by atoms with E-state index in [0.29, 0.717) is 12.2 Å². The van der Waals surface area contributed by atoms with Crippen LogP contribution in [0.4, 0.5) is 5.69 Å². The highest BCUT2D eigenvalue weighted by atomic mass is 32.2. The summed E-state index contributed by atoms with van der Waals surface area (Å²) in [5.74, 6) is -0.449. The van der Waals surface area contributed by atoms with Crippen LogP contribution in [-0.2, 0) is 26.2 Å². The number of carbonyl (C=O) groups excluding carboxylic acids is 2. The molecule has 8 nitrogen and oxygen atoms in total. The lowest BCUT2D eigenvalue weighted by molar-refractivity contribution is -0.140. The normalized spacial score (nSPS) is 12.7. The zero-order valence-corrected chi connectivity index (χ0v) is 26.5. The van der Waals surface area contributed by atoms with Gasteiger partial charge in [-0.15, -0.1) is 0 Å². The summed E-state index contributed by atoms with van der Waals surface area (Å²) < 4.78 is 35.0. The van der Waals surface area contributed by atoms with Gasteiger partial charge in [-0.1, -0.05) is 61.9 Å². The van der Waals surface area contributed by atoms with E-state index in [1.54, 1.807) is 24.3 Å². The van der Waals surface area contributed by atoms with Crippen LogP contribution in [0.15, 0.2) is 71.6 Å². The number of aryl methyl sites for hydroxylation is 3. The third-order valence-corrected chi connectivity index (χ3v) is 9.25. The maximum atomic E-state index is 14.3. The van der Waals surface area contributed by atoms with Gasteiger partial charge in [-0.2, -0.15) is 0 Å². The molecule has 0 spiro atoms. The quantitative estimate of drug-likeness (QED) is 0.281. The Morgan fingerprint density at radius 3 is 2.14 bits per heavy atom. The van der Waals surface area contributed by atoms with Gasteiger partial charge in [0.15, 0.2) is 0 Å². The topological polar surface area (TPSA) is 96.0 Å². The number of hydrogen-bond donors (Lipinski definition) is 1. The first-order chi connectivity index (χ1) is 19.9. The Balaban J connectivity index is 2.14. The van der Waals surface area contributed by atoms with Crippen molar-refractivity contribution in [2.75, 3.05) is 18.0 Å². The number of nitrogens with one attached hydrogen (secondary N) is 1. The summed E-state index contributed by atoms with van der Waals surface area (Å²) in [6.07, 6.45) is 1.10. The molecule has 0 fully saturated rings. The molecule has 226 valence electrons. The molecule has 0 aliphatic carbocycles. The van der Waals surface area contributed by atoms with E-state index in [1.807, 2.05) is 71.9 Å². The second kappa shape index (κ2) is 14.4. The van der Waals surface area contributed by atoms with E-state index >= 15 is 0 Å². The van der Waals surface area contributed by atoms with Crippen LogP contribution >= 0.6 is 0 Å². The van der Waals surface area contributed by atoms with Crippen LogP contribution in [-0.4, -0.2) is 50.9 Å². The molecule has 3 aromatic carbocycles. The number of amides is 2. The Kier molecular flexibility index (Phi) is 11.2. The Hall–Kier alpha value is -3.85. The van der Waals surface area contributed by atoms with Gasteiger partial charge in [-0.3, -0.25) is 13.9 Å². The second-order valence-corrected chi connectivity index (χ2v) is 12.6. The Morgan fingerprint density at radius 2 is 1.55 bits per heavy atom. The van der Waals surface area contributed by atoms with E-state index in [2.05, 4.69) is 5.32 Å². The number of nitrogens with zero attached hydrogens (tertiary/aromatic N) is 2. The van der Waals surface area contributed by atoms with Crippen molar-refractivity contribution >= 4 is 27.5 Å². The molecule has 0 unspecified atom stereocenters. The van der Waals surface area contributed by atoms with Gasteiger partial charge in [0.2, 0.25) is 11.8 Å². The number of benzene rings is 3. The monoisotopic (exact) mass is 593 g/mol. The number of methoxy groups -OCH3 is 1. The number of rotatable bonds is 13. The number of hydrogen-bond acceptors (Lipinski definition) is 5. The minimum atomic E-state index is -4.20. The van der Waals surface area contributed by atoms with Gasteiger partial charge >= 0.3 is 0 Å². The summed E-state index contributed by atoms with van der Waals surface area (Å²) in [6.45, 7) is 11.0. The molecule has 9 heteroatoms. The molecule has 2 atom stereocenters. The molecular weight excluding hydrogens is 550 g/mol. The van der Waals surface area contributed by atoms with Crippen molar-refractivity contribution in [3.8, 4) is 5.75 Å². The zero-order valence-electron chi connectivity index (χ0n) is 25.7. The third-order valence-electron chi connectivity index (χ3n) is 7.48. The van der Waals surface area contributed by atoms with Gasteiger partial charge in [0.05, 0.1) is 17.7 Å². The standard InChI is InChI=1S/C33H43N3O5S/c1-8-26(6)34-33(38)29(9-2)35(21-27-13-11-10-12-25(27)5)32(37)22-36(30-20-24(4)16-19-31(30)41-7)42(39,40)28-17-14-23(3)15-18-28/h10-20,26,29H,8-9,21-22H2,1-7H3,(H,34,38)/t26-,29+/m1/s1. The van der Waals surface area contributed by atoms with Crippen LogP contribution in [0.2, 0.25) is 0 Å². The number of sulfonamides is 1. The van der Waals surface area contributed by atoms with E-state index in [0.717, 1.165) is 33.0 Å². The van der Waals surface area contributed by atoms with Crippen LogP contribution in [0.25, 0.3) is 0 Å². The molecule has 3 rings (SSSR count). The summed E-state index contributed by atoms with van der Waals surface area (Å²) >= 11 is 0. The van der Waals surface area contributed by atoms with Gasteiger partial charge in [0.1, 0.15) is 18.3 Å². The highest BCUT2D eigenvalue weighted by molar-refractivity contribution is 7.92. The van der Waals surface area contributed by atoms with Gasteiger partial charge in [-0.25, -0.2) is 8.42 Å². The molecule has 2 amide bonds. The highest BCUT2D eigenvalue weighted by Crippen LogP contribution is 2.34. The fourth-order valence-electron chi connectivity index (χ4n) is 4.68. The lowest BCUT2D eigenvalue weighted by Crippen LogP contribution is -2.53. The van der Waals surface area contributed by atoms with E-state index in [4.69, 9.17) is 4.74 Å². The van der Waals surface area contributed by atoms with Crippen LogP contribution < -0.4 is 14.4 Å². The number of anilines is 1. The van der Waals surface area contributed by atoms with Gasteiger partial charge < -0.3 is 15.0 Å². The van der Waals surface area contributed by atoms with Gasteiger partial charge in [0, 0.05) is 12.6 Å². The summed E-state index contributed by atoms with van der Waals surface area (Å²) in [7, 11) is -2.74. The number of carbonyl (C=O) groups is 2. The zero-order chi connectivity index (χ0) is 31.0. The van der Waals surface area contributed by atoms with E-state index in [-0.39, 0.29) is 29.1 Å². The second-order valence-electron chi connectivity index (χ2n) is 10.7. The molecule has 0 bridgehead atoms. The molecule has 3 aromatic rings. The fraction of sp³-hybridized carbons (Fsp3) is 0.394. The van der Waals surface area contributed by atoms with Gasteiger partial charge in [-0.05, 0) is 81.5 Å². The first-order valence-corrected chi connectivity index (χ1v) is 15.7. The minimum Gasteiger partial charge on any atom is -0.495 e. The highest BCUT2D eigenvalue weighted by Gasteiger charge is 2.35. The average Bonchev–Trinajstić information content (AvgIpc) is 2.96. The summed E-state index contributed by atoms with van der Waals surface area (Å²) in [6, 6.07) is 18.5. The van der Waals surface area contributed by atoms with Crippen molar-refractivity contribution in [1.29, 1.82) is 0 Å². The Morgan fingerprint density at radius 1 is 0.905 bits per heavy atom. The maximum Gasteiger partial charge on any atom is 0.264 e. The SMILES string of the molecule is CC[C@@H](C)NC(=O)[C@H](CC)N(Cc1ccccc1C)C(=O)CN(c1cc(C)ccc1OC)S(=O)(=O)c1ccc(C)cc1. The predicted octanol–water partition coefficient (Wildman–Crippen LogP) is 5.54. The van der Waals surface area contributed by atoms with Crippen molar-refractivity contribution < 1.29 is 22.7 Å². The number of ether oxygens (including phenoxy) is 1. The molecule has 42 heavy (non-hydrogen) atoms. The smallest absolute Gasteiger partial charge is 0.264 e. The van der Waals surface area contributed by atoms with Crippen molar-refractivity contribution in [3.63, 3.8) is 0 Å². The van der Waals surface area contributed by atoms with Crippen molar-refractivity contribution in [3.05, 3.63) is 89.0 Å². The molecule has 0 aliphatic rings. The molecule has 0 saturated heterocycles. The summed E-state index contributed by atoms with van der Waals surface area (Å²) in [4.78, 5) is 29.3. The van der Waals surface area contributed by atoms with E-state index < -0.39 is 28.5 Å². The van der Waals surface area contributed by atoms with E-state index in [9.17, 15) is 18.0 Å². The summed E-state index contributed by atoms with van der Waals surface area (Å²) in [5.41, 5.74) is 3.81. The van der Waals surface area contributed by atoms with Crippen LogP contribution in [0, 0.1) is 20.8 Å². The van der Waals surface area contributed by atoms with Crippen LogP contribution in [0.1, 0.15) is 55.9 Å². The van der Waals surface area contributed by atoms with Crippen LogP contribution in [0.5, 0.6) is 5.75 Å². The van der Waals surface area contributed by atoms with Crippen molar-refractivity contribution in [2.24, 2.45) is 0 Å². The van der Waals surface area contributed by atoms with Gasteiger partial charge in [0.25, 0.3) is 10.0 Å². The van der Waals surface area contributed by atoms with Crippen LogP contribution in [0.3, 0.4) is 0 Å². The summed E-state index contributed by atoms with van der Waals surface area (Å²) in [5, 5.41) is 3.00. The molecule has 1 N–H and O–H groups in total. The first kappa shape index (κ1) is 32.7. The third kappa shape index (κ3) is 7.70. The van der Waals surface area contributed by atoms with Crippen molar-refractivity contribution in [1.82, 2.24) is 10.2 Å². The maximum absolute atomic E-state index is 14.3. The largest absolute Gasteiger partial charge is 0.495 e. The van der Waals surface area contributed by atoms with Crippen molar-refractivity contribution in [2.45, 2.75) is 77.9 Å². The molecule has 0 aliphatic heterocycles. The lowest BCUT2D eigenvalue weighted by atomic mass is 10.1.